The van der Waals surface area contributed by atoms with Gasteiger partial charge in [0.25, 0.3) is 5.91 Å². The molecule has 1 aromatic heterocycles. The second-order valence-corrected chi connectivity index (χ2v) is 10.8. The van der Waals surface area contributed by atoms with E-state index in [0.29, 0.717) is 32.0 Å². The van der Waals surface area contributed by atoms with E-state index in [1.165, 1.54) is 15.6 Å². The fraction of sp³-hybridized carbons (Fsp3) is 0.125. The second kappa shape index (κ2) is 10.4. The molecular weight excluding hydrogens is 508 g/mol. The Balaban J connectivity index is 1.48. The van der Waals surface area contributed by atoms with Crippen molar-refractivity contribution < 1.29 is 17.9 Å². The van der Waals surface area contributed by atoms with Crippen molar-refractivity contribution in [1.29, 1.82) is 0 Å². The number of ether oxygens (including phenoxy) is 1. The number of anilines is 2. The van der Waals surface area contributed by atoms with Gasteiger partial charge in [-0.05, 0) is 60.2 Å². The zero-order valence-corrected chi connectivity index (χ0v) is 21.2. The first-order valence-corrected chi connectivity index (χ1v) is 13.4. The molecule has 0 bridgehead atoms. The molecule has 180 valence electrons. The molecule has 4 aromatic rings. The molecule has 0 unspecified atom stereocenters. The Bertz CT molecular complexity index is 1440. The normalized spacial score (nSPS) is 11.2. The summed E-state index contributed by atoms with van der Waals surface area (Å²) in [6.45, 7) is 0.0724. The van der Waals surface area contributed by atoms with Crippen LogP contribution in [0, 0.1) is 0 Å². The second-order valence-electron chi connectivity index (χ2n) is 7.50. The van der Waals surface area contributed by atoms with Gasteiger partial charge >= 0.3 is 0 Å². The van der Waals surface area contributed by atoms with Gasteiger partial charge in [0.15, 0.2) is 0 Å². The standard InChI is InChI=1S/C24H21ClN4O4S2/c1-33-20-13-9-17(10-14-20)23-27-28-24(34-23)26-22(30)16-7-11-19(12-8-16)29(35(2,31)32)15-18-5-3-4-6-21(18)25/h3-14H,15H2,1-2H3,(H,26,28,30). The minimum atomic E-state index is -3.59. The van der Waals surface area contributed by atoms with Gasteiger partial charge < -0.3 is 4.74 Å². The van der Waals surface area contributed by atoms with Gasteiger partial charge in [-0.3, -0.25) is 14.4 Å². The van der Waals surface area contributed by atoms with Gasteiger partial charge in [0.1, 0.15) is 10.8 Å². The zero-order valence-electron chi connectivity index (χ0n) is 18.8. The minimum absolute atomic E-state index is 0.0724. The van der Waals surface area contributed by atoms with Crippen molar-refractivity contribution in [2.45, 2.75) is 6.54 Å². The van der Waals surface area contributed by atoms with Crippen LogP contribution in [0.25, 0.3) is 10.6 Å². The summed E-state index contributed by atoms with van der Waals surface area (Å²) in [6.07, 6.45) is 1.13. The average Bonchev–Trinajstić information content (AvgIpc) is 3.31. The molecule has 3 aromatic carbocycles. The Labute approximate surface area is 212 Å². The van der Waals surface area contributed by atoms with Crippen LogP contribution < -0.4 is 14.4 Å². The van der Waals surface area contributed by atoms with Crippen LogP contribution in [0.4, 0.5) is 10.8 Å². The SMILES string of the molecule is COc1ccc(-c2nnc(NC(=O)c3ccc(N(Cc4ccccc4Cl)S(C)(=O)=O)cc3)s2)cc1. The lowest BCUT2D eigenvalue weighted by molar-refractivity contribution is 0.102. The highest BCUT2D eigenvalue weighted by molar-refractivity contribution is 7.92. The summed E-state index contributed by atoms with van der Waals surface area (Å²) in [5, 5.41) is 12.4. The van der Waals surface area contributed by atoms with E-state index < -0.39 is 10.0 Å². The highest BCUT2D eigenvalue weighted by Crippen LogP contribution is 2.29. The fourth-order valence-electron chi connectivity index (χ4n) is 3.25. The van der Waals surface area contributed by atoms with Crippen molar-refractivity contribution >= 4 is 49.7 Å². The average molecular weight is 529 g/mol. The lowest BCUT2D eigenvalue weighted by atomic mass is 10.2. The lowest BCUT2D eigenvalue weighted by Gasteiger charge is -2.23. The van der Waals surface area contributed by atoms with Crippen LogP contribution in [-0.4, -0.2) is 37.9 Å². The largest absolute Gasteiger partial charge is 0.497 e. The first-order valence-electron chi connectivity index (χ1n) is 10.3. The Morgan fingerprint density at radius 1 is 1.03 bits per heavy atom. The number of hydrogen-bond acceptors (Lipinski definition) is 7. The summed E-state index contributed by atoms with van der Waals surface area (Å²) in [5.41, 5.74) is 2.29. The van der Waals surface area contributed by atoms with E-state index in [9.17, 15) is 13.2 Å². The Hall–Kier alpha value is -3.47. The number of nitrogens with zero attached hydrogens (tertiary/aromatic N) is 3. The molecule has 0 aliphatic heterocycles. The van der Waals surface area contributed by atoms with Gasteiger partial charge in [0.2, 0.25) is 15.2 Å². The molecule has 4 rings (SSSR count). The Kier molecular flexibility index (Phi) is 7.34. The summed E-state index contributed by atoms with van der Waals surface area (Å²) in [5.74, 6) is 0.350. The van der Waals surface area contributed by atoms with E-state index in [1.54, 1.807) is 55.6 Å². The predicted octanol–water partition coefficient (Wildman–Crippen LogP) is 5.09. The number of sulfonamides is 1. The maximum absolute atomic E-state index is 12.7. The lowest BCUT2D eigenvalue weighted by Crippen LogP contribution is -2.29. The number of carbonyl (C=O) groups is 1. The van der Waals surface area contributed by atoms with E-state index in [1.807, 2.05) is 24.3 Å². The third kappa shape index (κ3) is 5.97. The third-order valence-electron chi connectivity index (χ3n) is 5.07. The first kappa shape index (κ1) is 24.6. The molecule has 0 aliphatic rings. The molecule has 8 nitrogen and oxygen atoms in total. The quantitative estimate of drug-likeness (QED) is 0.342. The fourth-order valence-corrected chi connectivity index (χ4v) is 5.07. The van der Waals surface area contributed by atoms with Crippen molar-refractivity contribution in [1.82, 2.24) is 10.2 Å². The van der Waals surface area contributed by atoms with Gasteiger partial charge in [0, 0.05) is 16.1 Å². The van der Waals surface area contributed by atoms with Crippen molar-refractivity contribution in [3.8, 4) is 16.3 Å². The molecular formula is C24H21ClN4O4S2. The maximum Gasteiger partial charge on any atom is 0.257 e. The number of methoxy groups -OCH3 is 1. The van der Waals surface area contributed by atoms with E-state index in [2.05, 4.69) is 15.5 Å². The van der Waals surface area contributed by atoms with Crippen LogP contribution >= 0.6 is 22.9 Å². The van der Waals surface area contributed by atoms with Crippen LogP contribution in [0.15, 0.2) is 72.8 Å². The van der Waals surface area contributed by atoms with Crippen molar-refractivity contribution in [2.24, 2.45) is 0 Å². The third-order valence-corrected chi connectivity index (χ3v) is 7.47. The molecule has 0 saturated carbocycles. The molecule has 0 atom stereocenters. The number of halogens is 1. The topological polar surface area (TPSA) is 101 Å². The van der Waals surface area contributed by atoms with Crippen LogP contribution in [0.3, 0.4) is 0 Å². The van der Waals surface area contributed by atoms with Crippen LogP contribution in [0.5, 0.6) is 5.75 Å². The molecule has 35 heavy (non-hydrogen) atoms. The molecule has 0 fully saturated rings. The summed E-state index contributed by atoms with van der Waals surface area (Å²) < 4.78 is 31.3. The number of hydrogen-bond donors (Lipinski definition) is 1. The number of carbonyl (C=O) groups excluding carboxylic acids is 1. The Morgan fingerprint density at radius 3 is 2.34 bits per heavy atom. The molecule has 1 amide bonds. The van der Waals surface area contributed by atoms with E-state index in [-0.39, 0.29) is 12.5 Å². The smallest absolute Gasteiger partial charge is 0.257 e. The molecule has 11 heteroatoms. The number of benzene rings is 3. The number of nitrogens with one attached hydrogen (secondary N) is 1. The van der Waals surface area contributed by atoms with Gasteiger partial charge in [-0.25, -0.2) is 8.42 Å². The van der Waals surface area contributed by atoms with Crippen molar-refractivity contribution in [3.63, 3.8) is 0 Å². The summed E-state index contributed by atoms with van der Waals surface area (Å²) >= 11 is 7.46. The number of amides is 1. The van der Waals surface area contributed by atoms with Gasteiger partial charge in [-0.15, -0.1) is 10.2 Å². The van der Waals surface area contributed by atoms with Gasteiger partial charge in [-0.1, -0.05) is 41.1 Å². The van der Waals surface area contributed by atoms with E-state index in [0.717, 1.165) is 17.6 Å². The van der Waals surface area contributed by atoms with Crippen LogP contribution in [-0.2, 0) is 16.6 Å². The monoisotopic (exact) mass is 528 g/mol. The molecule has 1 N–H and O–H groups in total. The van der Waals surface area contributed by atoms with E-state index in [4.69, 9.17) is 16.3 Å². The molecule has 0 aliphatic carbocycles. The van der Waals surface area contributed by atoms with E-state index >= 15 is 0 Å². The predicted molar refractivity (Wildman–Crippen MR) is 139 cm³/mol. The van der Waals surface area contributed by atoms with Crippen LogP contribution in [0.1, 0.15) is 15.9 Å². The number of rotatable bonds is 8. The summed E-state index contributed by atoms with van der Waals surface area (Å²) in [7, 11) is -2.00. The van der Waals surface area contributed by atoms with Crippen LogP contribution in [0.2, 0.25) is 5.02 Å². The number of aromatic nitrogens is 2. The minimum Gasteiger partial charge on any atom is -0.497 e. The summed E-state index contributed by atoms with van der Waals surface area (Å²) in [6, 6.07) is 20.7. The molecule has 0 spiro atoms. The zero-order chi connectivity index (χ0) is 25.0. The maximum atomic E-state index is 12.7. The molecule has 0 saturated heterocycles. The molecule has 1 heterocycles. The van der Waals surface area contributed by atoms with Crippen molar-refractivity contribution in [2.75, 3.05) is 23.0 Å². The summed E-state index contributed by atoms with van der Waals surface area (Å²) in [4.78, 5) is 12.7. The van der Waals surface area contributed by atoms with Gasteiger partial charge in [-0.2, -0.15) is 0 Å². The molecule has 0 radical (unpaired) electrons. The van der Waals surface area contributed by atoms with Gasteiger partial charge in [0.05, 0.1) is 25.6 Å². The van der Waals surface area contributed by atoms with Crippen molar-refractivity contribution in [3.05, 3.63) is 88.9 Å². The highest BCUT2D eigenvalue weighted by Gasteiger charge is 2.20. The first-order chi connectivity index (χ1) is 16.7. The highest BCUT2D eigenvalue weighted by atomic mass is 35.5. The Morgan fingerprint density at radius 2 is 1.71 bits per heavy atom.